The topological polar surface area (TPSA) is 75.4 Å². The van der Waals surface area contributed by atoms with Crippen molar-refractivity contribution >= 4 is 5.91 Å². The van der Waals surface area contributed by atoms with Gasteiger partial charge in [0.15, 0.2) is 0 Å². The summed E-state index contributed by atoms with van der Waals surface area (Å²) in [5, 5.41) is 12.6. The van der Waals surface area contributed by atoms with Crippen molar-refractivity contribution in [2.75, 3.05) is 13.2 Å². The van der Waals surface area contributed by atoms with Crippen molar-refractivity contribution < 1.29 is 9.90 Å². The molecule has 0 radical (unpaired) electrons. The number of rotatable bonds is 5. The van der Waals surface area contributed by atoms with E-state index in [1.54, 1.807) is 0 Å². The highest BCUT2D eigenvalue weighted by Gasteiger charge is 2.38. The maximum Gasteiger partial charge on any atom is 0.228 e. The molecule has 116 valence electrons. The maximum atomic E-state index is 12.7. The van der Waals surface area contributed by atoms with Crippen LogP contribution in [0, 0.1) is 5.41 Å². The van der Waals surface area contributed by atoms with Crippen molar-refractivity contribution in [3.05, 3.63) is 35.9 Å². The van der Waals surface area contributed by atoms with Crippen molar-refractivity contribution in [1.29, 1.82) is 0 Å². The highest BCUT2D eigenvalue weighted by molar-refractivity contribution is 5.83. The number of carbonyl (C=O) groups excluding carboxylic acids is 1. The Morgan fingerprint density at radius 2 is 1.81 bits per heavy atom. The predicted octanol–water partition coefficient (Wildman–Crippen LogP) is 2.14. The van der Waals surface area contributed by atoms with Gasteiger partial charge < -0.3 is 16.2 Å². The summed E-state index contributed by atoms with van der Waals surface area (Å²) in [5.74, 6) is -0.00481. The van der Waals surface area contributed by atoms with Gasteiger partial charge in [-0.2, -0.15) is 0 Å². The molecular weight excluding hydrogens is 264 g/mol. The lowest BCUT2D eigenvalue weighted by Gasteiger charge is -2.32. The van der Waals surface area contributed by atoms with E-state index in [-0.39, 0.29) is 18.6 Å². The van der Waals surface area contributed by atoms with Crippen molar-refractivity contribution in [3.8, 4) is 0 Å². The molecule has 0 aromatic heterocycles. The molecule has 0 saturated heterocycles. The number of aliphatic hydroxyl groups is 1. The fraction of sp³-hybridized carbons (Fsp3) is 0.588. The molecule has 0 aliphatic heterocycles. The van der Waals surface area contributed by atoms with E-state index < -0.39 is 5.41 Å². The van der Waals surface area contributed by atoms with Gasteiger partial charge in [-0.05, 0) is 18.4 Å². The number of nitrogens with one attached hydrogen (secondary N) is 1. The number of aliphatic hydroxyl groups excluding tert-OH is 1. The van der Waals surface area contributed by atoms with E-state index in [0.717, 1.165) is 31.2 Å². The van der Waals surface area contributed by atoms with Crippen LogP contribution in [0.4, 0.5) is 0 Å². The lowest BCUT2D eigenvalue weighted by atomic mass is 9.79. The van der Waals surface area contributed by atoms with Gasteiger partial charge in [0.2, 0.25) is 5.91 Å². The number of hydrogen-bond acceptors (Lipinski definition) is 3. The fourth-order valence-corrected chi connectivity index (χ4v) is 3.16. The average Bonchev–Trinajstić information content (AvgIpc) is 2.79. The fourth-order valence-electron chi connectivity index (χ4n) is 3.16. The van der Waals surface area contributed by atoms with Gasteiger partial charge in [0.05, 0.1) is 18.1 Å². The van der Waals surface area contributed by atoms with Crippen molar-refractivity contribution in [2.45, 2.75) is 44.6 Å². The molecule has 4 nitrogen and oxygen atoms in total. The van der Waals surface area contributed by atoms with Crippen LogP contribution >= 0.6 is 0 Å². The van der Waals surface area contributed by atoms with Crippen molar-refractivity contribution in [1.82, 2.24) is 5.32 Å². The summed E-state index contributed by atoms with van der Waals surface area (Å²) < 4.78 is 0. The Morgan fingerprint density at radius 1 is 1.19 bits per heavy atom. The Hall–Kier alpha value is -1.39. The molecule has 1 aromatic rings. The second-order valence-electron chi connectivity index (χ2n) is 6.02. The summed E-state index contributed by atoms with van der Waals surface area (Å²) in [7, 11) is 0. The second kappa shape index (κ2) is 7.57. The van der Waals surface area contributed by atoms with Gasteiger partial charge in [0, 0.05) is 6.54 Å². The minimum atomic E-state index is -0.460. The van der Waals surface area contributed by atoms with Gasteiger partial charge in [0.25, 0.3) is 0 Å². The Labute approximate surface area is 126 Å². The largest absolute Gasteiger partial charge is 0.394 e. The van der Waals surface area contributed by atoms with Crippen LogP contribution in [-0.2, 0) is 4.79 Å². The summed E-state index contributed by atoms with van der Waals surface area (Å²) in [6.07, 6.45) is 6.17. The van der Waals surface area contributed by atoms with Crippen LogP contribution < -0.4 is 11.1 Å². The molecule has 21 heavy (non-hydrogen) atoms. The van der Waals surface area contributed by atoms with Gasteiger partial charge in [-0.15, -0.1) is 0 Å². The van der Waals surface area contributed by atoms with Crippen LogP contribution in [-0.4, -0.2) is 24.2 Å². The average molecular weight is 290 g/mol. The van der Waals surface area contributed by atoms with Crippen LogP contribution in [0.5, 0.6) is 0 Å². The molecule has 4 heteroatoms. The molecule has 4 N–H and O–H groups in total. The number of hydrogen-bond donors (Lipinski definition) is 3. The summed E-state index contributed by atoms with van der Waals surface area (Å²) in [5.41, 5.74) is 6.41. The third-order valence-corrected chi connectivity index (χ3v) is 4.62. The Morgan fingerprint density at radius 3 is 2.33 bits per heavy atom. The van der Waals surface area contributed by atoms with Gasteiger partial charge in [-0.1, -0.05) is 56.0 Å². The molecule has 1 fully saturated rings. The van der Waals surface area contributed by atoms with E-state index in [1.165, 1.54) is 12.8 Å². The highest BCUT2D eigenvalue weighted by Crippen LogP contribution is 2.35. The third-order valence-electron chi connectivity index (χ3n) is 4.62. The van der Waals surface area contributed by atoms with Crippen LogP contribution in [0.1, 0.15) is 50.1 Å². The summed E-state index contributed by atoms with van der Waals surface area (Å²) in [6, 6.07) is 9.23. The van der Waals surface area contributed by atoms with E-state index in [1.807, 2.05) is 30.3 Å². The van der Waals surface area contributed by atoms with Gasteiger partial charge in [-0.3, -0.25) is 4.79 Å². The summed E-state index contributed by atoms with van der Waals surface area (Å²) >= 11 is 0. The summed E-state index contributed by atoms with van der Waals surface area (Å²) in [6.45, 7) is 0.280. The van der Waals surface area contributed by atoms with E-state index in [4.69, 9.17) is 5.73 Å². The van der Waals surface area contributed by atoms with E-state index in [9.17, 15) is 9.90 Å². The SMILES string of the molecule is NCC1(C(=O)NC(CO)c2ccccc2)CCCCCC1. The van der Waals surface area contributed by atoms with E-state index in [2.05, 4.69) is 5.32 Å². The lowest BCUT2D eigenvalue weighted by molar-refractivity contribution is -0.132. The van der Waals surface area contributed by atoms with Gasteiger partial charge in [-0.25, -0.2) is 0 Å². The molecule has 2 rings (SSSR count). The molecular formula is C17H26N2O2. The molecule has 0 bridgehead atoms. The summed E-state index contributed by atoms with van der Waals surface area (Å²) in [4.78, 5) is 12.7. The zero-order chi connectivity index (χ0) is 15.1. The Kier molecular flexibility index (Phi) is 5.76. The zero-order valence-corrected chi connectivity index (χ0v) is 12.6. The monoisotopic (exact) mass is 290 g/mol. The minimum absolute atomic E-state index is 0.00481. The predicted molar refractivity (Wildman–Crippen MR) is 83.6 cm³/mol. The molecule has 0 heterocycles. The first-order chi connectivity index (χ1) is 10.2. The Balaban J connectivity index is 2.10. The minimum Gasteiger partial charge on any atom is -0.394 e. The number of amides is 1. The van der Waals surface area contributed by atoms with Crippen LogP contribution in [0.3, 0.4) is 0 Å². The van der Waals surface area contributed by atoms with E-state index >= 15 is 0 Å². The van der Waals surface area contributed by atoms with Crippen LogP contribution in [0.15, 0.2) is 30.3 Å². The maximum absolute atomic E-state index is 12.7. The second-order valence-corrected chi connectivity index (χ2v) is 6.02. The van der Waals surface area contributed by atoms with Crippen molar-refractivity contribution in [3.63, 3.8) is 0 Å². The zero-order valence-electron chi connectivity index (χ0n) is 12.6. The van der Waals surface area contributed by atoms with Gasteiger partial charge in [0.1, 0.15) is 0 Å². The molecule has 1 amide bonds. The quantitative estimate of drug-likeness (QED) is 0.727. The molecule has 1 atom stereocenters. The van der Waals surface area contributed by atoms with Crippen LogP contribution in [0.25, 0.3) is 0 Å². The molecule has 1 aliphatic carbocycles. The third kappa shape index (κ3) is 3.83. The first-order valence-corrected chi connectivity index (χ1v) is 7.89. The first kappa shape index (κ1) is 16.0. The first-order valence-electron chi connectivity index (χ1n) is 7.89. The molecule has 1 aromatic carbocycles. The molecule has 1 saturated carbocycles. The number of benzene rings is 1. The highest BCUT2D eigenvalue weighted by atomic mass is 16.3. The standard InChI is InChI=1S/C17H26N2O2/c18-13-17(10-6-1-2-7-11-17)16(21)19-15(12-20)14-8-4-3-5-9-14/h3-5,8-9,15,20H,1-2,6-7,10-13,18H2,(H,19,21). The molecule has 0 spiro atoms. The molecule has 1 aliphatic rings. The smallest absolute Gasteiger partial charge is 0.228 e. The lowest BCUT2D eigenvalue weighted by Crippen LogP contribution is -2.47. The van der Waals surface area contributed by atoms with Crippen molar-refractivity contribution in [2.24, 2.45) is 11.1 Å². The Bertz CT molecular complexity index is 439. The van der Waals surface area contributed by atoms with E-state index in [0.29, 0.717) is 6.54 Å². The number of carbonyl (C=O) groups is 1. The number of nitrogens with two attached hydrogens (primary N) is 1. The van der Waals surface area contributed by atoms with Gasteiger partial charge >= 0.3 is 0 Å². The molecule has 1 unspecified atom stereocenters. The van der Waals surface area contributed by atoms with Crippen LogP contribution in [0.2, 0.25) is 0 Å². The normalized spacial score (nSPS) is 19.5.